The van der Waals surface area contributed by atoms with Gasteiger partial charge in [0.1, 0.15) is 23.6 Å². The molecule has 34 heavy (non-hydrogen) atoms. The van der Waals surface area contributed by atoms with Crippen molar-refractivity contribution in [1.82, 2.24) is 15.0 Å². The fourth-order valence-electron chi connectivity index (χ4n) is 3.39. The first kappa shape index (κ1) is 23.3. The maximum atomic E-state index is 15.1. The first-order chi connectivity index (χ1) is 16.3. The number of aromatic nitrogens is 3. The highest BCUT2D eigenvalue weighted by Gasteiger charge is 2.19. The predicted molar refractivity (Wildman–Crippen MR) is 127 cm³/mol. The molecule has 176 valence electrons. The van der Waals surface area contributed by atoms with Crippen LogP contribution in [0.5, 0.6) is 5.88 Å². The van der Waals surface area contributed by atoms with E-state index >= 15 is 4.39 Å². The molecule has 2 aromatic carbocycles. The Kier molecular flexibility index (Phi) is 6.55. The number of benzene rings is 2. The van der Waals surface area contributed by atoms with E-state index in [1.165, 1.54) is 13.4 Å². The van der Waals surface area contributed by atoms with Crippen LogP contribution >= 0.6 is 0 Å². The lowest BCUT2D eigenvalue weighted by Gasteiger charge is -2.14. The molecule has 0 aliphatic rings. The van der Waals surface area contributed by atoms with Crippen molar-refractivity contribution in [2.24, 2.45) is 0 Å². The Labute approximate surface area is 195 Å². The fourth-order valence-corrected chi connectivity index (χ4v) is 4.52. The molecule has 0 saturated carbocycles. The minimum absolute atomic E-state index is 0.152. The van der Waals surface area contributed by atoms with Gasteiger partial charge in [0, 0.05) is 17.6 Å². The van der Waals surface area contributed by atoms with E-state index in [9.17, 15) is 12.8 Å². The van der Waals surface area contributed by atoms with Gasteiger partial charge >= 0.3 is 0 Å². The number of halogens is 2. The standard InChI is InChI=1S/C23H21F2N5O3S/c1-3-10-34(31,32)30-19-7-5-17(24)22(21(19)25)29-23-16-11-14(4-6-18(16)27-13-28-23)15-8-9-26-20(12-15)33-2/h4-9,11-13,30H,3,10H2,1-2H3,(H,27,28,29). The number of hydrogen-bond donors (Lipinski definition) is 2. The normalized spacial score (nSPS) is 11.4. The molecular formula is C23H21F2N5O3S. The number of rotatable bonds is 8. The van der Waals surface area contributed by atoms with Gasteiger partial charge in [0.25, 0.3) is 0 Å². The Morgan fingerprint density at radius 1 is 1.00 bits per heavy atom. The van der Waals surface area contributed by atoms with Gasteiger partial charge < -0.3 is 10.1 Å². The summed E-state index contributed by atoms with van der Waals surface area (Å²) in [6.45, 7) is 1.68. The van der Waals surface area contributed by atoms with Gasteiger partial charge in [-0.05, 0) is 47.9 Å². The molecule has 2 N–H and O–H groups in total. The summed E-state index contributed by atoms with van der Waals surface area (Å²) in [6.07, 6.45) is 3.22. The molecule has 8 nitrogen and oxygen atoms in total. The minimum atomic E-state index is -3.77. The van der Waals surface area contributed by atoms with Crippen LogP contribution in [0.1, 0.15) is 13.3 Å². The van der Waals surface area contributed by atoms with Crippen LogP contribution in [0, 0.1) is 11.6 Å². The summed E-state index contributed by atoms with van der Waals surface area (Å²) in [4.78, 5) is 12.5. The number of nitrogens with zero attached hydrogens (tertiary/aromatic N) is 3. The van der Waals surface area contributed by atoms with Crippen molar-refractivity contribution in [3.8, 4) is 17.0 Å². The van der Waals surface area contributed by atoms with Crippen molar-refractivity contribution in [1.29, 1.82) is 0 Å². The van der Waals surface area contributed by atoms with Crippen molar-refractivity contribution in [2.75, 3.05) is 22.9 Å². The summed E-state index contributed by atoms with van der Waals surface area (Å²) < 4.78 is 61.2. The van der Waals surface area contributed by atoms with Gasteiger partial charge in [-0.15, -0.1) is 0 Å². The van der Waals surface area contributed by atoms with Gasteiger partial charge in [-0.2, -0.15) is 0 Å². The maximum absolute atomic E-state index is 15.1. The number of hydrogen-bond acceptors (Lipinski definition) is 7. The highest BCUT2D eigenvalue weighted by atomic mass is 32.2. The third kappa shape index (κ3) is 4.88. The van der Waals surface area contributed by atoms with Gasteiger partial charge in [-0.25, -0.2) is 32.2 Å². The third-order valence-electron chi connectivity index (χ3n) is 4.99. The molecule has 11 heteroatoms. The molecule has 2 aromatic heterocycles. The fraction of sp³-hybridized carbons (Fsp3) is 0.174. The van der Waals surface area contributed by atoms with E-state index in [-0.39, 0.29) is 17.3 Å². The molecule has 4 rings (SSSR count). The molecule has 0 amide bonds. The van der Waals surface area contributed by atoms with Crippen molar-refractivity contribution in [3.05, 3.63) is 66.6 Å². The summed E-state index contributed by atoms with van der Waals surface area (Å²) in [5, 5.41) is 3.18. The number of fused-ring (bicyclic) bond motifs is 1. The van der Waals surface area contributed by atoms with E-state index in [2.05, 4.69) is 25.0 Å². The Hall–Kier alpha value is -3.86. The first-order valence-corrected chi connectivity index (χ1v) is 12.0. The highest BCUT2D eigenvalue weighted by molar-refractivity contribution is 7.92. The topological polar surface area (TPSA) is 106 Å². The molecule has 0 unspecified atom stereocenters. The predicted octanol–water partition coefficient (Wildman–Crippen LogP) is 4.87. The molecule has 0 bridgehead atoms. The minimum Gasteiger partial charge on any atom is -0.481 e. The molecule has 0 fully saturated rings. The van der Waals surface area contributed by atoms with Crippen LogP contribution in [-0.2, 0) is 10.0 Å². The molecular weight excluding hydrogens is 464 g/mol. The van der Waals surface area contributed by atoms with Crippen molar-refractivity contribution >= 4 is 38.1 Å². The molecule has 0 aliphatic heterocycles. The van der Waals surface area contributed by atoms with Gasteiger partial charge in [0.2, 0.25) is 15.9 Å². The number of methoxy groups -OCH3 is 1. The van der Waals surface area contributed by atoms with E-state index in [1.54, 1.807) is 37.4 Å². The van der Waals surface area contributed by atoms with E-state index in [1.807, 2.05) is 6.07 Å². The Morgan fingerprint density at radius 3 is 2.56 bits per heavy atom. The zero-order valence-corrected chi connectivity index (χ0v) is 19.2. The van der Waals surface area contributed by atoms with Crippen LogP contribution < -0.4 is 14.8 Å². The number of ether oxygens (including phenoxy) is 1. The second-order valence-electron chi connectivity index (χ2n) is 7.37. The number of pyridine rings is 1. The van der Waals surface area contributed by atoms with Gasteiger partial charge in [-0.1, -0.05) is 13.0 Å². The van der Waals surface area contributed by atoms with Crippen LogP contribution in [0.25, 0.3) is 22.0 Å². The van der Waals surface area contributed by atoms with Crippen LogP contribution in [0.15, 0.2) is 55.0 Å². The third-order valence-corrected chi connectivity index (χ3v) is 6.46. The molecule has 0 aliphatic carbocycles. The van der Waals surface area contributed by atoms with Crippen molar-refractivity contribution in [3.63, 3.8) is 0 Å². The monoisotopic (exact) mass is 485 g/mol. The largest absolute Gasteiger partial charge is 0.481 e. The quantitative estimate of drug-likeness (QED) is 0.367. The lowest BCUT2D eigenvalue weighted by Crippen LogP contribution is -2.17. The second-order valence-corrected chi connectivity index (χ2v) is 9.21. The average Bonchev–Trinajstić information content (AvgIpc) is 2.83. The molecule has 2 heterocycles. The molecule has 4 aromatic rings. The SMILES string of the molecule is CCCS(=O)(=O)Nc1ccc(F)c(Nc2ncnc3ccc(-c4ccnc(OC)c4)cc23)c1F. The molecule has 0 saturated heterocycles. The van der Waals surface area contributed by atoms with E-state index in [4.69, 9.17) is 4.74 Å². The summed E-state index contributed by atoms with van der Waals surface area (Å²) in [5.74, 6) is -1.59. The van der Waals surface area contributed by atoms with Crippen molar-refractivity contribution < 1.29 is 21.9 Å². The van der Waals surface area contributed by atoms with Gasteiger partial charge in [-0.3, -0.25) is 4.72 Å². The lowest BCUT2D eigenvalue weighted by atomic mass is 10.0. The molecule has 0 radical (unpaired) electrons. The van der Waals surface area contributed by atoms with Crippen molar-refractivity contribution in [2.45, 2.75) is 13.3 Å². The Balaban J connectivity index is 1.75. The zero-order chi connectivity index (χ0) is 24.3. The number of anilines is 3. The van der Waals surface area contributed by atoms with Gasteiger partial charge in [0.05, 0.1) is 24.1 Å². The highest BCUT2D eigenvalue weighted by Crippen LogP contribution is 2.33. The maximum Gasteiger partial charge on any atom is 0.232 e. The molecule has 0 atom stereocenters. The molecule has 0 spiro atoms. The van der Waals surface area contributed by atoms with Crippen LogP contribution in [-0.4, -0.2) is 36.2 Å². The first-order valence-electron chi connectivity index (χ1n) is 10.3. The van der Waals surface area contributed by atoms with E-state index < -0.39 is 27.3 Å². The smallest absolute Gasteiger partial charge is 0.232 e. The summed E-state index contributed by atoms with van der Waals surface area (Å²) in [6, 6.07) is 10.9. The number of nitrogens with one attached hydrogen (secondary N) is 2. The van der Waals surface area contributed by atoms with Crippen LogP contribution in [0.2, 0.25) is 0 Å². The second kappa shape index (κ2) is 9.56. The van der Waals surface area contributed by atoms with Crippen LogP contribution in [0.4, 0.5) is 26.0 Å². The zero-order valence-electron chi connectivity index (χ0n) is 18.3. The Morgan fingerprint density at radius 2 is 1.79 bits per heavy atom. The van der Waals surface area contributed by atoms with Crippen LogP contribution in [0.3, 0.4) is 0 Å². The Bertz CT molecular complexity index is 1460. The average molecular weight is 486 g/mol. The lowest BCUT2D eigenvalue weighted by molar-refractivity contribution is 0.398. The summed E-state index contributed by atoms with van der Waals surface area (Å²) >= 11 is 0. The number of sulfonamides is 1. The summed E-state index contributed by atoms with van der Waals surface area (Å²) in [7, 11) is -2.25. The van der Waals surface area contributed by atoms with Gasteiger partial charge in [0.15, 0.2) is 5.82 Å². The van der Waals surface area contributed by atoms with E-state index in [0.717, 1.165) is 23.3 Å². The summed E-state index contributed by atoms with van der Waals surface area (Å²) in [5.41, 5.74) is 1.25. The van der Waals surface area contributed by atoms with E-state index in [0.29, 0.717) is 23.2 Å².